The van der Waals surface area contributed by atoms with Gasteiger partial charge in [0.1, 0.15) is 0 Å². The Labute approximate surface area is 176 Å². The SMILES string of the molecule is CCC[N+](CCC)(CCC)CCCCCCCCCCCCCCCC(=O)O. The maximum absolute atomic E-state index is 10.4. The molecule has 1 N–H and O–H groups in total. The highest BCUT2D eigenvalue weighted by Crippen LogP contribution is 2.16. The third-order valence-corrected chi connectivity index (χ3v) is 6.12. The zero-order valence-electron chi connectivity index (χ0n) is 19.7. The van der Waals surface area contributed by atoms with Crippen molar-refractivity contribution in [3.05, 3.63) is 0 Å². The number of carbonyl (C=O) groups is 1. The first-order chi connectivity index (χ1) is 13.6. The zero-order chi connectivity index (χ0) is 20.9. The normalized spacial score (nSPS) is 11.8. The number of hydrogen-bond acceptors (Lipinski definition) is 1. The largest absolute Gasteiger partial charge is 0.481 e. The molecule has 0 radical (unpaired) electrons. The van der Waals surface area contributed by atoms with Gasteiger partial charge < -0.3 is 9.59 Å². The van der Waals surface area contributed by atoms with E-state index in [1.807, 2.05) is 0 Å². The van der Waals surface area contributed by atoms with E-state index in [1.54, 1.807) is 0 Å². The molecule has 3 nitrogen and oxygen atoms in total. The van der Waals surface area contributed by atoms with Gasteiger partial charge in [-0.25, -0.2) is 0 Å². The van der Waals surface area contributed by atoms with E-state index in [2.05, 4.69) is 20.8 Å². The second-order valence-electron chi connectivity index (χ2n) is 8.98. The van der Waals surface area contributed by atoms with Crippen molar-refractivity contribution in [3.63, 3.8) is 0 Å². The summed E-state index contributed by atoms with van der Waals surface area (Å²) in [4.78, 5) is 10.4. The maximum atomic E-state index is 10.4. The van der Waals surface area contributed by atoms with Gasteiger partial charge in [0.2, 0.25) is 0 Å². The van der Waals surface area contributed by atoms with Crippen LogP contribution in [0, 0.1) is 0 Å². The van der Waals surface area contributed by atoms with E-state index in [0.717, 1.165) is 12.8 Å². The summed E-state index contributed by atoms with van der Waals surface area (Å²) >= 11 is 0. The molecule has 0 aliphatic rings. The average molecular weight is 399 g/mol. The Balaban J connectivity index is 3.49. The van der Waals surface area contributed by atoms with E-state index < -0.39 is 5.97 Å². The lowest BCUT2D eigenvalue weighted by atomic mass is 10.0. The Morgan fingerprint density at radius 2 is 0.857 bits per heavy atom. The molecule has 0 aliphatic carbocycles. The minimum Gasteiger partial charge on any atom is -0.481 e. The Kier molecular flexibility index (Phi) is 19.3. The smallest absolute Gasteiger partial charge is 0.303 e. The van der Waals surface area contributed by atoms with E-state index in [-0.39, 0.29) is 0 Å². The summed E-state index contributed by atoms with van der Waals surface area (Å²) in [5.74, 6) is -0.652. The molecule has 0 rings (SSSR count). The van der Waals surface area contributed by atoms with Gasteiger partial charge in [-0.2, -0.15) is 0 Å². The van der Waals surface area contributed by atoms with Crippen molar-refractivity contribution in [2.24, 2.45) is 0 Å². The summed E-state index contributed by atoms with van der Waals surface area (Å²) in [6, 6.07) is 0. The van der Waals surface area contributed by atoms with Crippen LogP contribution in [-0.4, -0.2) is 41.7 Å². The summed E-state index contributed by atoms with van der Waals surface area (Å²) in [6.45, 7) is 12.6. The monoisotopic (exact) mass is 398 g/mol. The van der Waals surface area contributed by atoms with Crippen molar-refractivity contribution in [1.29, 1.82) is 0 Å². The summed E-state index contributed by atoms with van der Waals surface area (Å²) < 4.78 is 1.37. The van der Waals surface area contributed by atoms with Crippen LogP contribution in [0.5, 0.6) is 0 Å². The fourth-order valence-corrected chi connectivity index (χ4v) is 4.76. The molecule has 0 heterocycles. The molecule has 168 valence electrons. The summed E-state index contributed by atoms with van der Waals surface area (Å²) in [5, 5.41) is 8.60. The quantitative estimate of drug-likeness (QED) is 0.151. The summed E-state index contributed by atoms with van der Waals surface area (Å²) in [7, 11) is 0. The number of rotatable bonds is 22. The highest BCUT2D eigenvalue weighted by molar-refractivity contribution is 5.66. The van der Waals surface area contributed by atoms with E-state index in [9.17, 15) is 4.79 Å². The first-order valence-corrected chi connectivity index (χ1v) is 12.7. The second kappa shape index (κ2) is 19.7. The first-order valence-electron chi connectivity index (χ1n) is 12.7. The Morgan fingerprint density at radius 1 is 0.536 bits per heavy atom. The Morgan fingerprint density at radius 3 is 1.18 bits per heavy atom. The van der Waals surface area contributed by atoms with Gasteiger partial charge in [-0.3, -0.25) is 4.79 Å². The Hall–Kier alpha value is -0.570. The Bertz CT molecular complexity index is 326. The molecular formula is C25H52NO2+. The van der Waals surface area contributed by atoms with Crippen molar-refractivity contribution in [1.82, 2.24) is 0 Å². The van der Waals surface area contributed by atoms with Gasteiger partial charge in [0.25, 0.3) is 0 Å². The van der Waals surface area contributed by atoms with Crippen LogP contribution >= 0.6 is 0 Å². The fraction of sp³-hybridized carbons (Fsp3) is 0.960. The average Bonchev–Trinajstić information content (AvgIpc) is 2.65. The molecule has 3 heteroatoms. The first kappa shape index (κ1) is 27.4. The van der Waals surface area contributed by atoms with Crippen LogP contribution in [0.4, 0.5) is 0 Å². The molecule has 0 saturated heterocycles. The zero-order valence-corrected chi connectivity index (χ0v) is 19.7. The van der Waals surface area contributed by atoms with Crippen LogP contribution in [0.15, 0.2) is 0 Å². The molecule has 0 unspecified atom stereocenters. The number of carboxylic acid groups (broad SMARTS) is 1. The lowest BCUT2D eigenvalue weighted by Gasteiger charge is -2.38. The standard InChI is InChI=1S/C25H51NO2/c1-4-21-26(22-5-2,23-6-3)24-19-17-15-13-11-9-7-8-10-12-14-16-18-20-25(27)28/h4-24H2,1-3H3/p+1. The third kappa shape index (κ3) is 16.4. The van der Waals surface area contributed by atoms with Crippen molar-refractivity contribution in [3.8, 4) is 0 Å². The van der Waals surface area contributed by atoms with Gasteiger partial charge in [-0.15, -0.1) is 0 Å². The number of hydrogen-bond donors (Lipinski definition) is 1. The predicted octanol–water partition coefficient (Wildman–Crippen LogP) is 7.58. The molecule has 0 aliphatic heterocycles. The van der Waals surface area contributed by atoms with Gasteiger partial charge in [0, 0.05) is 6.42 Å². The van der Waals surface area contributed by atoms with Crippen molar-refractivity contribution in [2.75, 3.05) is 26.2 Å². The molecular weight excluding hydrogens is 346 g/mol. The molecule has 0 amide bonds. The molecule has 0 saturated carbocycles. The molecule has 0 atom stereocenters. The summed E-state index contributed by atoms with van der Waals surface area (Å²) in [6.07, 6.45) is 21.3. The number of carboxylic acids is 1. The van der Waals surface area contributed by atoms with Crippen molar-refractivity contribution < 1.29 is 14.4 Å². The van der Waals surface area contributed by atoms with Crippen LogP contribution in [0.2, 0.25) is 0 Å². The number of unbranched alkanes of at least 4 members (excludes halogenated alkanes) is 12. The van der Waals surface area contributed by atoms with E-state index in [4.69, 9.17) is 5.11 Å². The summed E-state index contributed by atoms with van der Waals surface area (Å²) in [5.41, 5.74) is 0. The van der Waals surface area contributed by atoms with E-state index in [1.165, 1.54) is 121 Å². The molecule has 0 spiro atoms. The molecule has 0 aromatic carbocycles. The topological polar surface area (TPSA) is 37.3 Å². The van der Waals surface area contributed by atoms with Crippen LogP contribution in [0.1, 0.15) is 130 Å². The minimum absolute atomic E-state index is 0.343. The number of quaternary nitrogens is 1. The number of aliphatic carboxylic acids is 1. The van der Waals surface area contributed by atoms with Crippen LogP contribution in [0.25, 0.3) is 0 Å². The van der Waals surface area contributed by atoms with E-state index >= 15 is 0 Å². The second-order valence-corrected chi connectivity index (χ2v) is 8.98. The lowest BCUT2D eigenvalue weighted by molar-refractivity contribution is -0.928. The van der Waals surface area contributed by atoms with Crippen molar-refractivity contribution in [2.45, 2.75) is 130 Å². The molecule has 28 heavy (non-hydrogen) atoms. The number of nitrogens with zero attached hydrogens (tertiary/aromatic N) is 1. The van der Waals surface area contributed by atoms with Crippen LogP contribution in [0.3, 0.4) is 0 Å². The van der Waals surface area contributed by atoms with Gasteiger partial charge in [0.05, 0.1) is 26.2 Å². The lowest BCUT2D eigenvalue weighted by Crippen LogP contribution is -2.50. The highest BCUT2D eigenvalue weighted by Gasteiger charge is 2.23. The molecule has 0 aromatic rings. The maximum Gasteiger partial charge on any atom is 0.303 e. The fourth-order valence-electron chi connectivity index (χ4n) is 4.76. The van der Waals surface area contributed by atoms with Crippen LogP contribution < -0.4 is 0 Å². The highest BCUT2D eigenvalue weighted by atomic mass is 16.4. The molecule has 0 aromatic heterocycles. The molecule has 0 fully saturated rings. The minimum atomic E-state index is -0.652. The van der Waals surface area contributed by atoms with Gasteiger partial charge in [-0.05, 0) is 38.5 Å². The van der Waals surface area contributed by atoms with Crippen molar-refractivity contribution >= 4 is 5.97 Å². The van der Waals surface area contributed by atoms with Gasteiger partial charge in [-0.1, -0.05) is 85.0 Å². The van der Waals surface area contributed by atoms with E-state index in [0.29, 0.717) is 6.42 Å². The van der Waals surface area contributed by atoms with Gasteiger partial charge in [0.15, 0.2) is 0 Å². The molecule has 0 bridgehead atoms. The van der Waals surface area contributed by atoms with Gasteiger partial charge >= 0.3 is 5.97 Å². The predicted molar refractivity (Wildman–Crippen MR) is 123 cm³/mol. The third-order valence-electron chi connectivity index (χ3n) is 6.12. The van der Waals surface area contributed by atoms with Crippen LogP contribution in [-0.2, 0) is 4.79 Å².